The van der Waals surface area contributed by atoms with Crippen molar-refractivity contribution in [2.24, 2.45) is 7.05 Å². The maximum Gasteiger partial charge on any atom is 0.227 e. The summed E-state index contributed by atoms with van der Waals surface area (Å²) in [5, 5.41) is 7.43. The Morgan fingerprint density at radius 3 is 2.80 bits per heavy atom. The predicted molar refractivity (Wildman–Crippen MR) is 84.7 cm³/mol. The van der Waals surface area contributed by atoms with E-state index in [2.05, 4.69) is 17.3 Å². The molecule has 1 unspecified atom stereocenters. The van der Waals surface area contributed by atoms with E-state index in [1.807, 2.05) is 18.1 Å². The third kappa shape index (κ3) is 4.96. The molecule has 0 aromatic carbocycles. The lowest BCUT2D eigenvalue weighted by molar-refractivity contribution is -0.132. The topological polar surface area (TPSA) is 50.2 Å². The number of amides is 1. The second kappa shape index (κ2) is 9.21. The van der Waals surface area contributed by atoms with Crippen molar-refractivity contribution >= 4 is 30.7 Å². The summed E-state index contributed by atoms with van der Waals surface area (Å²) in [5.74, 6) is 0.221. The quantitative estimate of drug-likeness (QED) is 0.891. The summed E-state index contributed by atoms with van der Waals surface area (Å²) in [6.45, 7) is 4.92. The number of carbonyl (C=O) groups is 1. The van der Waals surface area contributed by atoms with Crippen molar-refractivity contribution in [3.63, 3.8) is 0 Å². The van der Waals surface area contributed by atoms with E-state index in [0.717, 1.165) is 38.0 Å². The summed E-state index contributed by atoms with van der Waals surface area (Å²) in [6.07, 6.45) is 6.22. The molecule has 1 N–H and O–H groups in total. The highest BCUT2D eigenvalue weighted by Gasteiger charge is 2.25. The minimum absolute atomic E-state index is 0. The zero-order chi connectivity index (χ0) is 13.0. The van der Waals surface area contributed by atoms with Gasteiger partial charge in [0.05, 0.1) is 12.6 Å². The molecule has 0 radical (unpaired) electrons. The molecule has 116 valence electrons. The number of aryl methyl sites for hydroxylation is 1. The van der Waals surface area contributed by atoms with Crippen LogP contribution in [0.25, 0.3) is 0 Å². The molecular formula is C13H24Cl2N4O. The second-order valence-corrected chi connectivity index (χ2v) is 4.93. The summed E-state index contributed by atoms with van der Waals surface area (Å²) in [6, 6.07) is 0.370. The van der Waals surface area contributed by atoms with Gasteiger partial charge in [0.2, 0.25) is 5.91 Å². The molecule has 1 fully saturated rings. The van der Waals surface area contributed by atoms with Crippen LogP contribution in [0.15, 0.2) is 12.4 Å². The molecule has 1 atom stereocenters. The van der Waals surface area contributed by atoms with Crippen molar-refractivity contribution < 1.29 is 4.79 Å². The molecule has 2 rings (SSSR count). The maximum atomic E-state index is 12.4. The number of hydrogen-bond acceptors (Lipinski definition) is 3. The Balaban J connectivity index is 0.00000180. The van der Waals surface area contributed by atoms with E-state index in [0.29, 0.717) is 12.5 Å². The molecule has 7 heteroatoms. The van der Waals surface area contributed by atoms with Crippen LogP contribution >= 0.6 is 24.8 Å². The highest BCUT2D eigenvalue weighted by atomic mass is 35.5. The normalized spacial score (nSPS) is 17.2. The Morgan fingerprint density at radius 1 is 1.55 bits per heavy atom. The van der Waals surface area contributed by atoms with Crippen molar-refractivity contribution in [3.05, 3.63) is 18.0 Å². The molecule has 0 spiro atoms. The van der Waals surface area contributed by atoms with Crippen LogP contribution < -0.4 is 5.32 Å². The van der Waals surface area contributed by atoms with Gasteiger partial charge in [0, 0.05) is 32.4 Å². The van der Waals surface area contributed by atoms with Crippen molar-refractivity contribution in [1.82, 2.24) is 20.0 Å². The van der Waals surface area contributed by atoms with Crippen LogP contribution in [0.2, 0.25) is 0 Å². The highest BCUT2D eigenvalue weighted by Crippen LogP contribution is 2.12. The van der Waals surface area contributed by atoms with Crippen LogP contribution in [0, 0.1) is 0 Å². The molecule has 1 aromatic heterocycles. The monoisotopic (exact) mass is 322 g/mol. The average Bonchev–Trinajstić information content (AvgIpc) is 2.97. The van der Waals surface area contributed by atoms with Gasteiger partial charge in [-0.25, -0.2) is 0 Å². The van der Waals surface area contributed by atoms with Crippen LogP contribution in [0.5, 0.6) is 0 Å². The van der Waals surface area contributed by atoms with Gasteiger partial charge in [-0.05, 0) is 24.9 Å². The Bertz CT molecular complexity index is 405. The van der Waals surface area contributed by atoms with Gasteiger partial charge in [-0.3, -0.25) is 9.48 Å². The fourth-order valence-corrected chi connectivity index (χ4v) is 2.50. The molecule has 0 bridgehead atoms. The van der Waals surface area contributed by atoms with Gasteiger partial charge in [0.25, 0.3) is 0 Å². The van der Waals surface area contributed by atoms with Crippen LogP contribution in [0.4, 0.5) is 0 Å². The first-order chi connectivity index (χ1) is 8.70. The van der Waals surface area contributed by atoms with E-state index >= 15 is 0 Å². The number of nitrogens with one attached hydrogen (secondary N) is 1. The minimum atomic E-state index is 0. The van der Waals surface area contributed by atoms with Crippen LogP contribution in [-0.2, 0) is 18.3 Å². The molecule has 0 aliphatic carbocycles. The maximum absolute atomic E-state index is 12.4. The van der Waals surface area contributed by atoms with E-state index in [1.54, 1.807) is 10.9 Å². The summed E-state index contributed by atoms with van der Waals surface area (Å²) < 4.78 is 1.74. The first-order valence-electron chi connectivity index (χ1n) is 6.68. The van der Waals surface area contributed by atoms with Crippen molar-refractivity contribution in [2.75, 3.05) is 19.6 Å². The SMILES string of the molecule is CCCN(C(=O)Cc1cnn(C)c1)C1CCNC1.Cl.Cl. The largest absolute Gasteiger partial charge is 0.338 e. The first-order valence-corrected chi connectivity index (χ1v) is 6.68. The van der Waals surface area contributed by atoms with Crippen molar-refractivity contribution in [3.8, 4) is 0 Å². The zero-order valence-electron chi connectivity index (χ0n) is 12.0. The Morgan fingerprint density at radius 2 is 2.30 bits per heavy atom. The summed E-state index contributed by atoms with van der Waals surface area (Å²) in [7, 11) is 1.87. The number of hydrogen-bond donors (Lipinski definition) is 1. The lowest BCUT2D eigenvalue weighted by atomic mass is 10.1. The lowest BCUT2D eigenvalue weighted by Gasteiger charge is -2.28. The summed E-state index contributed by atoms with van der Waals surface area (Å²) in [5.41, 5.74) is 0.995. The van der Waals surface area contributed by atoms with Gasteiger partial charge in [0.1, 0.15) is 0 Å². The Labute approximate surface area is 132 Å². The average molecular weight is 323 g/mol. The van der Waals surface area contributed by atoms with Gasteiger partial charge >= 0.3 is 0 Å². The van der Waals surface area contributed by atoms with Crippen LogP contribution in [0.1, 0.15) is 25.3 Å². The first kappa shape index (κ1) is 19.2. The molecule has 5 nitrogen and oxygen atoms in total. The van der Waals surface area contributed by atoms with Crippen LogP contribution in [0.3, 0.4) is 0 Å². The Hall–Kier alpha value is -0.780. The molecule has 1 aromatic rings. The summed E-state index contributed by atoms with van der Waals surface area (Å²) >= 11 is 0. The number of nitrogens with zero attached hydrogens (tertiary/aromatic N) is 3. The van der Waals surface area contributed by atoms with Crippen LogP contribution in [-0.4, -0.2) is 46.3 Å². The van der Waals surface area contributed by atoms with Gasteiger partial charge in [-0.15, -0.1) is 24.8 Å². The molecule has 0 saturated carbocycles. The fraction of sp³-hybridized carbons (Fsp3) is 0.692. The van der Waals surface area contributed by atoms with Gasteiger partial charge < -0.3 is 10.2 Å². The van der Waals surface area contributed by atoms with Gasteiger partial charge in [-0.2, -0.15) is 5.10 Å². The third-order valence-electron chi connectivity index (χ3n) is 3.37. The third-order valence-corrected chi connectivity index (χ3v) is 3.37. The summed E-state index contributed by atoms with van der Waals surface area (Å²) in [4.78, 5) is 14.4. The number of aromatic nitrogens is 2. The predicted octanol–water partition coefficient (Wildman–Crippen LogP) is 1.41. The van der Waals surface area contributed by atoms with Gasteiger partial charge in [-0.1, -0.05) is 6.92 Å². The molecule has 1 saturated heterocycles. The highest BCUT2D eigenvalue weighted by molar-refractivity contribution is 5.85. The number of carbonyl (C=O) groups excluding carboxylic acids is 1. The molecule has 20 heavy (non-hydrogen) atoms. The minimum Gasteiger partial charge on any atom is -0.338 e. The molecule has 2 heterocycles. The zero-order valence-corrected chi connectivity index (χ0v) is 13.7. The molecule has 1 amide bonds. The number of rotatable bonds is 5. The van der Waals surface area contributed by atoms with Crippen molar-refractivity contribution in [1.29, 1.82) is 0 Å². The standard InChI is InChI=1S/C13H22N4O.2ClH/c1-3-6-17(12-4-5-14-9-12)13(18)7-11-8-15-16(2)10-11;;/h8,10,12,14H,3-7,9H2,1-2H3;2*1H. The molecule has 1 aliphatic rings. The molecular weight excluding hydrogens is 299 g/mol. The second-order valence-electron chi connectivity index (χ2n) is 4.93. The van der Waals surface area contributed by atoms with E-state index in [-0.39, 0.29) is 30.7 Å². The number of halogens is 2. The van der Waals surface area contributed by atoms with E-state index in [4.69, 9.17) is 0 Å². The molecule has 1 aliphatic heterocycles. The fourth-order valence-electron chi connectivity index (χ4n) is 2.50. The Kier molecular flexibility index (Phi) is 8.85. The van der Waals surface area contributed by atoms with Gasteiger partial charge in [0.15, 0.2) is 0 Å². The van der Waals surface area contributed by atoms with Crippen molar-refractivity contribution in [2.45, 2.75) is 32.2 Å². The smallest absolute Gasteiger partial charge is 0.227 e. The van der Waals surface area contributed by atoms with E-state index < -0.39 is 0 Å². The van der Waals surface area contributed by atoms with E-state index in [9.17, 15) is 4.79 Å². The van der Waals surface area contributed by atoms with E-state index in [1.165, 1.54) is 0 Å². The lowest BCUT2D eigenvalue weighted by Crippen LogP contribution is -2.42.